The van der Waals surface area contributed by atoms with Crippen LogP contribution in [0.5, 0.6) is 0 Å². The van der Waals surface area contributed by atoms with Gasteiger partial charge in [-0.15, -0.1) is 0 Å². The van der Waals surface area contributed by atoms with E-state index in [0.29, 0.717) is 11.1 Å². The van der Waals surface area contributed by atoms with Gasteiger partial charge in [-0.05, 0) is 41.6 Å². The third kappa shape index (κ3) is 1.99. The monoisotopic (exact) mass is 328 g/mol. The molecule has 1 heterocycles. The molecule has 0 saturated heterocycles. The van der Waals surface area contributed by atoms with Crippen molar-refractivity contribution in [2.45, 2.75) is 6.92 Å². The number of esters is 1. The smallest absolute Gasteiger partial charge is 0.337 e. The van der Waals surface area contributed by atoms with Gasteiger partial charge in [0.2, 0.25) is 0 Å². The summed E-state index contributed by atoms with van der Waals surface area (Å²) in [5, 5.41) is 0. The second kappa shape index (κ2) is 4.32. The maximum atomic E-state index is 11.4. The molecule has 4 nitrogen and oxygen atoms in total. The molecule has 0 amide bonds. The highest BCUT2D eigenvalue weighted by Gasteiger charge is 2.10. The van der Waals surface area contributed by atoms with E-state index in [0.717, 1.165) is 14.8 Å². The van der Waals surface area contributed by atoms with Gasteiger partial charge < -0.3 is 4.74 Å². The minimum Gasteiger partial charge on any atom is -0.465 e. The zero-order chi connectivity index (χ0) is 11.7. The van der Waals surface area contributed by atoms with E-state index in [4.69, 9.17) is 0 Å². The van der Waals surface area contributed by atoms with Crippen LogP contribution in [0.25, 0.3) is 11.0 Å². The van der Waals surface area contributed by atoms with Crippen molar-refractivity contribution in [3.05, 3.63) is 33.2 Å². The average Bonchev–Trinajstić information content (AvgIpc) is 2.28. The van der Waals surface area contributed by atoms with E-state index in [-0.39, 0.29) is 5.97 Å². The first-order chi connectivity index (χ1) is 7.61. The summed E-state index contributed by atoms with van der Waals surface area (Å²) in [6.45, 7) is 1.89. The molecule has 0 bridgehead atoms. The molecule has 0 radical (unpaired) electrons. The number of benzene rings is 1. The highest BCUT2D eigenvalue weighted by Crippen LogP contribution is 2.20. The molecule has 0 aliphatic heterocycles. The van der Waals surface area contributed by atoms with Crippen LogP contribution in [0.15, 0.2) is 18.3 Å². The average molecular weight is 328 g/mol. The van der Waals surface area contributed by atoms with Gasteiger partial charge in [0.25, 0.3) is 0 Å². The van der Waals surface area contributed by atoms with E-state index in [2.05, 4.69) is 37.3 Å². The molecule has 0 unspecified atom stereocenters. The van der Waals surface area contributed by atoms with Gasteiger partial charge in [-0.25, -0.2) is 9.78 Å². The van der Waals surface area contributed by atoms with Crippen molar-refractivity contribution in [1.82, 2.24) is 9.97 Å². The van der Waals surface area contributed by atoms with Gasteiger partial charge >= 0.3 is 5.97 Å². The third-order valence-electron chi connectivity index (χ3n) is 2.14. The molecule has 0 saturated carbocycles. The van der Waals surface area contributed by atoms with Crippen LogP contribution in [0.3, 0.4) is 0 Å². The van der Waals surface area contributed by atoms with Crippen LogP contribution in [0, 0.1) is 10.5 Å². The Balaban J connectivity index is 2.68. The number of hydrogen-bond donors (Lipinski definition) is 0. The van der Waals surface area contributed by atoms with Gasteiger partial charge in [0, 0.05) is 9.77 Å². The highest BCUT2D eigenvalue weighted by atomic mass is 127. The topological polar surface area (TPSA) is 52.1 Å². The van der Waals surface area contributed by atoms with E-state index >= 15 is 0 Å². The molecule has 0 aliphatic rings. The zero-order valence-corrected chi connectivity index (χ0v) is 11.0. The molecule has 0 atom stereocenters. The van der Waals surface area contributed by atoms with Crippen molar-refractivity contribution in [3.63, 3.8) is 0 Å². The number of methoxy groups -OCH3 is 1. The van der Waals surface area contributed by atoms with Crippen LogP contribution in [-0.4, -0.2) is 23.0 Å². The lowest BCUT2D eigenvalue weighted by Gasteiger charge is -2.04. The number of fused-ring (bicyclic) bond motifs is 1. The summed E-state index contributed by atoms with van der Waals surface area (Å²) in [6, 6.07) is 3.44. The fourth-order valence-corrected chi connectivity index (χ4v) is 2.13. The van der Waals surface area contributed by atoms with Crippen molar-refractivity contribution in [1.29, 1.82) is 0 Å². The van der Waals surface area contributed by atoms with E-state index in [1.807, 2.05) is 6.92 Å². The minimum atomic E-state index is -0.359. The van der Waals surface area contributed by atoms with Gasteiger partial charge in [-0.1, -0.05) is 0 Å². The van der Waals surface area contributed by atoms with Gasteiger partial charge in [0.05, 0.1) is 23.9 Å². The predicted molar refractivity (Wildman–Crippen MR) is 68.3 cm³/mol. The summed E-state index contributed by atoms with van der Waals surface area (Å²) >= 11 is 2.14. The second-order valence-corrected chi connectivity index (χ2v) is 4.49. The number of carbonyl (C=O) groups is 1. The summed E-state index contributed by atoms with van der Waals surface area (Å²) in [6.07, 6.45) is 1.68. The molecule has 5 heteroatoms. The van der Waals surface area contributed by atoms with Crippen LogP contribution in [-0.2, 0) is 4.74 Å². The molecule has 1 aromatic carbocycles. The van der Waals surface area contributed by atoms with Crippen LogP contribution in [0.4, 0.5) is 0 Å². The fourth-order valence-electron chi connectivity index (χ4n) is 1.40. The number of hydrogen-bond acceptors (Lipinski definition) is 4. The first-order valence-electron chi connectivity index (χ1n) is 4.63. The van der Waals surface area contributed by atoms with Crippen molar-refractivity contribution in [2.75, 3.05) is 7.11 Å². The number of nitrogens with zero attached hydrogens (tertiary/aromatic N) is 2. The van der Waals surface area contributed by atoms with E-state index in [1.165, 1.54) is 7.11 Å². The maximum Gasteiger partial charge on any atom is 0.337 e. The zero-order valence-electron chi connectivity index (χ0n) is 8.82. The summed E-state index contributed by atoms with van der Waals surface area (Å²) in [5.74, 6) is -0.359. The Labute approximate surface area is 106 Å². The highest BCUT2D eigenvalue weighted by molar-refractivity contribution is 14.1. The molecule has 2 aromatic rings. The molecule has 16 heavy (non-hydrogen) atoms. The number of ether oxygens (including phenoxy) is 1. The van der Waals surface area contributed by atoms with Crippen LogP contribution >= 0.6 is 22.6 Å². The van der Waals surface area contributed by atoms with Crippen molar-refractivity contribution in [3.8, 4) is 0 Å². The SMILES string of the molecule is COC(=O)c1cc(I)c2nc(C)cnc2c1. The summed E-state index contributed by atoms with van der Waals surface area (Å²) in [7, 11) is 1.36. The van der Waals surface area contributed by atoms with Crippen molar-refractivity contribution in [2.24, 2.45) is 0 Å². The Kier molecular flexibility index (Phi) is 3.04. The largest absolute Gasteiger partial charge is 0.465 e. The standard InChI is InChI=1S/C11H9IN2O2/c1-6-5-13-9-4-7(11(15)16-2)3-8(12)10(9)14-6/h3-5H,1-2H3. The Morgan fingerprint density at radius 2 is 2.19 bits per heavy atom. The number of aromatic nitrogens is 2. The van der Waals surface area contributed by atoms with Crippen LogP contribution in [0.2, 0.25) is 0 Å². The Bertz CT molecular complexity index is 569. The number of carbonyl (C=O) groups excluding carboxylic acids is 1. The van der Waals surface area contributed by atoms with E-state index < -0.39 is 0 Å². The van der Waals surface area contributed by atoms with Gasteiger partial charge in [-0.2, -0.15) is 0 Å². The van der Waals surface area contributed by atoms with Crippen LogP contribution < -0.4 is 0 Å². The first kappa shape index (κ1) is 11.3. The third-order valence-corrected chi connectivity index (χ3v) is 2.97. The minimum absolute atomic E-state index is 0.359. The quantitative estimate of drug-likeness (QED) is 0.596. The van der Waals surface area contributed by atoms with E-state index in [9.17, 15) is 4.79 Å². The number of rotatable bonds is 1. The van der Waals surface area contributed by atoms with Crippen LogP contribution in [0.1, 0.15) is 16.1 Å². The lowest BCUT2D eigenvalue weighted by molar-refractivity contribution is 0.0601. The number of aryl methyl sites for hydroxylation is 1. The predicted octanol–water partition coefficient (Wildman–Crippen LogP) is 2.33. The molecule has 82 valence electrons. The van der Waals surface area contributed by atoms with Gasteiger partial charge in [-0.3, -0.25) is 4.98 Å². The molecule has 2 rings (SSSR count). The Hall–Kier alpha value is -1.24. The molecule has 0 spiro atoms. The van der Waals surface area contributed by atoms with Gasteiger partial charge in [0.1, 0.15) is 5.52 Å². The number of halogens is 1. The lowest BCUT2D eigenvalue weighted by Crippen LogP contribution is -2.02. The second-order valence-electron chi connectivity index (χ2n) is 3.33. The molecular weight excluding hydrogens is 319 g/mol. The van der Waals surface area contributed by atoms with Crippen molar-refractivity contribution >= 4 is 39.6 Å². The Morgan fingerprint density at radius 3 is 2.88 bits per heavy atom. The maximum absolute atomic E-state index is 11.4. The lowest BCUT2D eigenvalue weighted by atomic mass is 10.2. The van der Waals surface area contributed by atoms with E-state index in [1.54, 1.807) is 18.3 Å². The molecular formula is C11H9IN2O2. The molecule has 0 N–H and O–H groups in total. The normalized spacial score (nSPS) is 10.4. The summed E-state index contributed by atoms with van der Waals surface area (Å²) < 4.78 is 5.57. The fraction of sp³-hybridized carbons (Fsp3) is 0.182. The molecule has 0 aliphatic carbocycles. The van der Waals surface area contributed by atoms with Gasteiger partial charge in [0.15, 0.2) is 0 Å². The summed E-state index contributed by atoms with van der Waals surface area (Å²) in [5.41, 5.74) is 2.87. The summed E-state index contributed by atoms with van der Waals surface area (Å²) in [4.78, 5) is 20.0. The molecule has 0 fully saturated rings. The van der Waals surface area contributed by atoms with Crippen molar-refractivity contribution < 1.29 is 9.53 Å². The Morgan fingerprint density at radius 1 is 1.44 bits per heavy atom. The molecule has 1 aromatic heterocycles. The first-order valence-corrected chi connectivity index (χ1v) is 5.71.